The normalized spacial score (nSPS) is 14.2. The zero-order chi connectivity index (χ0) is 19.2. The molecule has 2 heterocycles. The minimum Gasteiger partial charge on any atom is -0.352 e. The third-order valence-corrected chi connectivity index (χ3v) is 5.71. The largest absolute Gasteiger partial charge is 0.352 e. The first kappa shape index (κ1) is 22.6. The van der Waals surface area contributed by atoms with Gasteiger partial charge in [0.25, 0.3) is 0 Å². The average molecular weight is 513 g/mol. The third-order valence-electron chi connectivity index (χ3n) is 4.64. The molecular formula is C20H28IN5OS. The summed E-state index contributed by atoms with van der Waals surface area (Å²) in [5.41, 5.74) is 3.42. The molecule has 0 spiro atoms. The molecule has 3 rings (SSSR count). The number of nitrogens with one attached hydrogen (secondary N) is 2. The van der Waals surface area contributed by atoms with Crippen molar-refractivity contribution in [1.82, 2.24) is 20.5 Å². The molecule has 152 valence electrons. The summed E-state index contributed by atoms with van der Waals surface area (Å²) in [6.45, 7) is 7.03. The van der Waals surface area contributed by atoms with Crippen LogP contribution >= 0.6 is 35.3 Å². The fraction of sp³-hybridized carbons (Fsp3) is 0.450. The number of thiazole rings is 1. The maximum atomic E-state index is 11.8. The summed E-state index contributed by atoms with van der Waals surface area (Å²) in [6.07, 6.45) is 1.66. The maximum absolute atomic E-state index is 11.8. The highest BCUT2D eigenvalue weighted by Crippen LogP contribution is 2.17. The SMILES string of the molecule is CN=C(NCc1cccc(CN2CCCC2=O)c1)NCc1sc(C)nc1C.I. The van der Waals surface area contributed by atoms with Gasteiger partial charge >= 0.3 is 0 Å². The van der Waals surface area contributed by atoms with Gasteiger partial charge in [0.15, 0.2) is 5.96 Å². The number of nitrogens with zero attached hydrogens (tertiary/aromatic N) is 3. The Hall–Kier alpha value is -1.68. The first-order valence-electron chi connectivity index (χ1n) is 9.28. The Bertz CT molecular complexity index is 836. The number of carbonyl (C=O) groups is 1. The van der Waals surface area contributed by atoms with Gasteiger partial charge in [-0.1, -0.05) is 24.3 Å². The summed E-state index contributed by atoms with van der Waals surface area (Å²) in [5.74, 6) is 1.03. The molecular weight excluding hydrogens is 485 g/mol. The van der Waals surface area contributed by atoms with Gasteiger partial charge in [-0.2, -0.15) is 0 Å². The standard InChI is InChI=1S/C20H27N5OS.HI/c1-14-18(27-15(2)24-14)12-23-20(21-3)22-11-16-6-4-7-17(10-16)13-25-9-5-8-19(25)26;/h4,6-7,10H,5,8-9,11-13H2,1-3H3,(H2,21,22,23);1H. The van der Waals surface area contributed by atoms with Crippen LogP contribution < -0.4 is 10.6 Å². The van der Waals surface area contributed by atoms with Crippen LogP contribution in [0, 0.1) is 13.8 Å². The van der Waals surface area contributed by atoms with Gasteiger partial charge in [-0.15, -0.1) is 35.3 Å². The van der Waals surface area contributed by atoms with E-state index in [2.05, 4.69) is 38.8 Å². The predicted molar refractivity (Wildman–Crippen MR) is 125 cm³/mol. The number of carbonyl (C=O) groups excluding carboxylic acids is 1. The predicted octanol–water partition coefficient (Wildman–Crippen LogP) is 3.37. The highest BCUT2D eigenvalue weighted by atomic mass is 127. The second-order valence-corrected chi connectivity index (χ2v) is 8.05. The zero-order valence-electron chi connectivity index (χ0n) is 16.6. The molecule has 0 aliphatic carbocycles. The van der Waals surface area contributed by atoms with E-state index in [0.29, 0.717) is 26.1 Å². The molecule has 1 saturated heterocycles. The number of benzene rings is 1. The minimum absolute atomic E-state index is 0. The number of hydrogen-bond donors (Lipinski definition) is 2. The minimum atomic E-state index is 0. The monoisotopic (exact) mass is 513 g/mol. The highest BCUT2D eigenvalue weighted by molar-refractivity contribution is 14.0. The number of rotatable bonds is 6. The van der Waals surface area contributed by atoms with Crippen molar-refractivity contribution in [2.45, 2.75) is 46.3 Å². The van der Waals surface area contributed by atoms with E-state index in [1.807, 2.05) is 24.8 Å². The third kappa shape index (κ3) is 6.16. The molecule has 8 heteroatoms. The van der Waals surface area contributed by atoms with E-state index in [-0.39, 0.29) is 29.9 Å². The lowest BCUT2D eigenvalue weighted by atomic mass is 10.1. The summed E-state index contributed by atoms with van der Waals surface area (Å²) >= 11 is 1.71. The van der Waals surface area contributed by atoms with Crippen molar-refractivity contribution >= 4 is 47.2 Å². The first-order chi connectivity index (χ1) is 13.0. The van der Waals surface area contributed by atoms with Crippen LogP contribution in [0.4, 0.5) is 0 Å². The van der Waals surface area contributed by atoms with Crippen molar-refractivity contribution in [1.29, 1.82) is 0 Å². The number of aryl methyl sites for hydroxylation is 2. The molecule has 2 aromatic rings. The Balaban J connectivity index is 0.00000280. The smallest absolute Gasteiger partial charge is 0.222 e. The molecule has 1 fully saturated rings. The summed E-state index contributed by atoms with van der Waals surface area (Å²) in [4.78, 5) is 23.7. The summed E-state index contributed by atoms with van der Waals surface area (Å²) in [7, 11) is 1.77. The Morgan fingerprint density at radius 2 is 2.00 bits per heavy atom. The second kappa shape index (κ2) is 10.8. The number of guanidine groups is 1. The van der Waals surface area contributed by atoms with Crippen LogP contribution in [-0.2, 0) is 24.4 Å². The van der Waals surface area contributed by atoms with Crippen molar-refractivity contribution < 1.29 is 4.79 Å². The molecule has 28 heavy (non-hydrogen) atoms. The lowest BCUT2D eigenvalue weighted by Crippen LogP contribution is -2.36. The molecule has 2 N–H and O–H groups in total. The number of aromatic nitrogens is 1. The van der Waals surface area contributed by atoms with Crippen LogP contribution in [-0.4, -0.2) is 35.3 Å². The van der Waals surface area contributed by atoms with Crippen LogP contribution in [0.15, 0.2) is 29.3 Å². The second-order valence-electron chi connectivity index (χ2n) is 6.76. The van der Waals surface area contributed by atoms with E-state index in [9.17, 15) is 4.79 Å². The molecule has 1 aromatic carbocycles. The average Bonchev–Trinajstić information content (AvgIpc) is 3.20. The van der Waals surface area contributed by atoms with Gasteiger partial charge in [-0.3, -0.25) is 9.79 Å². The summed E-state index contributed by atoms with van der Waals surface area (Å²) in [6, 6.07) is 8.37. The van der Waals surface area contributed by atoms with Gasteiger partial charge in [0.1, 0.15) is 0 Å². The van der Waals surface area contributed by atoms with Gasteiger partial charge in [0, 0.05) is 38.0 Å². The fourth-order valence-electron chi connectivity index (χ4n) is 3.24. The summed E-state index contributed by atoms with van der Waals surface area (Å²) < 4.78 is 0. The number of halogens is 1. The van der Waals surface area contributed by atoms with E-state index >= 15 is 0 Å². The Morgan fingerprint density at radius 1 is 1.25 bits per heavy atom. The van der Waals surface area contributed by atoms with Crippen LogP contribution in [0.1, 0.15) is 39.5 Å². The molecule has 1 amide bonds. The zero-order valence-corrected chi connectivity index (χ0v) is 19.8. The molecule has 0 radical (unpaired) electrons. The Morgan fingerprint density at radius 3 is 2.64 bits per heavy atom. The molecule has 1 aliphatic rings. The van der Waals surface area contributed by atoms with E-state index in [1.54, 1.807) is 18.4 Å². The van der Waals surface area contributed by atoms with Crippen LogP contribution in [0.25, 0.3) is 0 Å². The number of likely N-dealkylation sites (tertiary alicyclic amines) is 1. The molecule has 0 saturated carbocycles. The van der Waals surface area contributed by atoms with E-state index < -0.39 is 0 Å². The number of hydrogen-bond acceptors (Lipinski definition) is 4. The lowest BCUT2D eigenvalue weighted by molar-refractivity contribution is -0.128. The maximum Gasteiger partial charge on any atom is 0.222 e. The molecule has 0 atom stereocenters. The molecule has 1 aliphatic heterocycles. The number of aliphatic imine (C=N–C) groups is 1. The molecule has 0 unspecified atom stereocenters. The van der Waals surface area contributed by atoms with Gasteiger partial charge in [-0.05, 0) is 31.4 Å². The van der Waals surface area contributed by atoms with E-state index in [0.717, 1.165) is 29.6 Å². The van der Waals surface area contributed by atoms with Crippen LogP contribution in [0.5, 0.6) is 0 Å². The van der Waals surface area contributed by atoms with Crippen LogP contribution in [0.2, 0.25) is 0 Å². The molecule has 6 nitrogen and oxygen atoms in total. The fourth-order valence-corrected chi connectivity index (χ4v) is 4.11. The van der Waals surface area contributed by atoms with Crippen molar-refractivity contribution in [3.63, 3.8) is 0 Å². The lowest BCUT2D eigenvalue weighted by Gasteiger charge is -2.16. The Labute approximate surface area is 187 Å². The molecule has 0 bridgehead atoms. The number of amides is 1. The first-order valence-corrected chi connectivity index (χ1v) is 10.1. The van der Waals surface area contributed by atoms with Gasteiger partial charge in [0.2, 0.25) is 5.91 Å². The van der Waals surface area contributed by atoms with E-state index in [1.165, 1.54) is 16.0 Å². The topological polar surface area (TPSA) is 69.6 Å². The van der Waals surface area contributed by atoms with Crippen LogP contribution in [0.3, 0.4) is 0 Å². The highest BCUT2D eigenvalue weighted by Gasteiger charge is 2.19. The summed E-state index contributed by atoms with van der Waals surface area (Å²) in [5, 5.41) is 7.78. The van der Waals surface area contributed by atoms with E-state index in [4.69, 9.17) is 0 Å². The quantitative estimate of drug-likeness (QED) is 0.353. The van der Waals surface area contributed by atoms with Crippen molar-refractivity contribution in [3.8, 4) is 0 Å². The van der Waals surface area contributed by atoms with Gasteiger partial charge in [-0.25, -0.2) is 4.98 Å². The van der Waals surface area contributed by atoms with Crippen molar-refractivity contribution in [2.24, 2.45) is 4.99 Å². The van der Waals surface area contributed by atoms with Crippen molar-refractivity contribution in [2.75, 3.05) is 13.6 Å². The van der Waals surface area contributed by atoms with Gasteiger partial charge < -0.3 is 15.5 Å². The Kier molecular flexibility index (Phi) is 8.68. The van der Waals surface area contributed by atoms with Crippen molar-refractivity contribution in [3.05, 3.63) is 51.0 Å². The molecule has 1 aromatic heterocycles. The van der Waals surface area contributed by atoms with Gasteiger partial charge in [0.05, 0.1) is 17.2 Å².